The van der Waals surface area contributed by atoms with Crippen LogP contribution in [0.15, 0.2) is 24.3 Å². The van der Waals surface area contributed by atoms with Gasteiger partial charge < -0.3 is 15.7 Å². The van der Waals surface area contributed by atoms with Crippen molar-refractivity contribution in [2.45, 2.75) is 45.3 Å². The molecule has 174 valence electrons. The van der Waals surface area contributed by atoms with Gasteiger partial charge in [0, 0.05) is 23.7 Å². The minimum Gasteiger partial charge on any atom is -0.379 e. The van der Waals surface area contributed by atoms with Gasteiger partial charge in [-0.1, -0.05) is 44.5 Å². The number of nitrogens with one attached hydrogen (secondary N) is 3. The average molecular weight is 474 g/mol. The maximum Gasteiger partial charge on any atom is 0.253 e. The Morgan fingerprint density at radius 3 is 2.26 bits per heavy atom. The van der Waals surface area contributed by atoms with Gasteiger partial charge in [-0.15, -0.1) is 0 Å². The first-order chi connectivity index (χ1) is 14.5. The van der Waals surface area contributed by atoms with Crippen LogP contribution >= 0.6 is 23.4 Å². The van der Waals surface area contributed by atoms with Crippen molar-refractivity contribution >= 4 is 41.1 Å². The topological polar surface area (TPSA) is 128 Å². The van der Waals surface area contributed by atoms with Crippen molar-refractivity contribution < 1.29 is 24.7 Å². The number of hydrogen-bond acceptors (Lipinski definition) is 6. The zero-order valence-electron chi connectivity index (χ0n) is 18.3. The van der Waals surface area contributed by atoms with Crippen molar-refractivity contribution in [2.24, 2.45) is 11.8 Å². The largest absolute Gasteiger partial charge is 0.379 e. The van der Waals surface area contributed by atoms with Crippen molar-refractivity contribution in [2.75, 3.05) is 18.6 Å². The van der Waals surface area contributed by atoms with Gasteiger partial charge >= 0.3 is 0 Å². The van der Waals surface area contributed by atoms with Gasteiger partial charge in [0.1, 0.15) is 6.04 Å². The van der Waals surface area contributed by atoms with Crippen LogP contribution in [0.2, 0.25) is 5.02 Å². The molecule has 0 spiro atoms. The first-order valence-corrected chi connectivity index (χ1v) is 11.8. The smallest absolute Gasteiger partial charge is 0.253 e. The molecule has 0 fully saturated rings. The van der Waals surface area contributed by atoms with Crippen LogP contribution in [0, 0.1) is 11.8 Å². The molecule has 5 N–H and O–H groups in total. The Balaban J connectivity index is 3.14. The molecule has 0 heterocycles. The third-order valence-electron chi connectivity index (χ3n) is 4.91. The lowest BCUT2D eigenvalue weighted by atomic mass is 9.80. The molecule has 0 aromatic heterocycles. The molecule has 8 nitrogen and oxygen atoms in total. The van der Waals surface area contributed by atoms with E-state index in [1.54, 1.807) is 49.9 Å². The van der Waals surface area contributed by atoms with Gasteiger partial charge in [-0.05, 0) is 36.3 Å². The predicted octanol–water partition coefficient (Wildman–Crippen LogP) is 1.77. The lowest BCUT2D eigenvalue weighted by Crippen LogP contribution is -2.60. The van der Waals surface area contributed by atoms with Gasteiger partial charge in [-0.3, -0.25) is 19.6 Å². The molecular formula is C21H32ClN3O5S. The molecule has 1 aromatic carbocycles. The van der Waals surface area contributed by atoms with Gasteiger partial charge in [0.15, 0.2) is 5.60 Å². The second kappa shape index (κ2) is 12.9. The van der Waals surface area contributed by atoms with Crippen molar-refractivity contribution in [3.05, 3.63) is 34.9 Å². The molecule has 10 heteroatoms. The van der Waals surface area contributed by atoms with E-state index in [-0.39, 0.29) is 18.8 Å². The second-order valence-electron chi connectivity index (χ2n) is 7.86. The predicted molar refractivity (Wildman–Crippen MR) is 122 cm³/mol. The minimum atomic E-state index is -2.11. The Morgan fingerprint density at radius 1 is 1.13 bits per heavy atom. The van der Waals surface area contributed by atoms with E-state index >= 15 is 0 Å². The standard InChI is InChI=1S/C21H32ClN3O5S/c1-13(2)12-21(29,14(3)18(26)25-30)20(28)24-17(19(27)23-9-10-31-4)11-15-5-7-16(22)8-6-15/h5-8,13-14,17,29-30H,9-12H2,1-4H3,(H,23,27)(H,24,28)(H,25,26). The second-order valence-corrected chi connectivity index (χ2v) is 9.28. The van der Waals surface area contributed by atoms with Gasteiger partial charge in [0.2, 0.25) is 11.8 Å². The Labute approximate surface area is 192 Å². The number of hydroxylamine groups is 1. The van der Waals surface area contributed by atoms with Crippen LogP contribution in [0.4, 0.5) is 0 Å². The Morgan fingerprint density at radius 2 is 1.74 bits per heavy atom. The number of halogens is 1. The molecule has 1 rings (SSSR count). The molecule has 31 heavy (non-hydrogen) atoms. The zero-order valence-corrected chi connectivity index (χ0v) is 19.8. The van der Waals surface area contributed by atoms with E-state index in [9.17, 15) is 19.5 Å². The quantitative estimate of drug-likeness (QED) is 0.179. The Hall–Kier alpha value is -1.81. The highest BCUT2D eigenvalue weighted by Crippen LogP contribution is 2.27. The molecule has 0 bridgehead atoms. The van der Waals surface area contributed by atoms with E-state index in [2.05, 4.69) is 10.6 Å². The Bertz CT molecular complexity index is 747. The number of carbonyl (C=O) groups is 3. The van der Waals surface area contributed by atoms with E-state index in [0.29, 0.717) is 17.3 Å². The van der Waals surface area contributed by atoms with Gasteiger partial charge in [0.05, 0.1) is 5.92 Å². The summed E-state index contributed by atoms with van der Waals surface area (Å²) in [5, 5.41) is 26.0. The third-order valence-corrected chi connectivity index (χ3v) is 5.78. The van der Waals surface area contributed by atoms with E-state index in [1.165, 1.54) is 12.4 Å². The molecule has 3 unspecified atom stereocenters. The summed E-state index contributed by atoms with van der Waals surface area (Å²) in [5.41, 5.74) is 0.136. The Kier molecular flexibility index (Phi) is 11.3. The van der Waals surface area contributed by atoms with Gasteiger partial charge in [0.25, 0.3) is 5.91 Å². The average Bonchev–Trinajstić information content (AvgIpc) is 2.72. The highest BCUT2D eigenvalue weighted by molar-refractivity contribution is 7.98. The molecule has 0 aliphatic heterocycles. The summed E-state index contributed by atoms with van der Waals surface area (Å²) in [6, 6.07) is 5.89. The summed E-state index contributed by atoms with van der Waals surface area (Å²) in [7, 11) is 0. The number of hydrogen-bond donors (Lipinski definition) is 5. The number of amides is 3. The maximum atomic E-state index is 13.1. The van der Waals surface area contributed by atoms with Crippen LogP contribution < -0.4 is 16.1 Å². The van der Waals surface area contributed by atoms with E-state index in [0.717, 1.165) is 5.56 Å². The maximum absolute atomic E-state index is 13.1. The number of carbonyl (C=O) groups excluding carboxylic acids is 3. The summed E-state index contributed by atoms with van der Waals surface area (Å²) in [6.45, 7) is 5.36. The summed E-state index contributed by atoms with van der Waals surface area (Å²) in [6.07, 6.45) is 2.06. The van der Waals surface area contributed by atoms with Crippen LogP contribution in [0.5, 0.6) is 0 Å². The summed E-state index contributed by atoms with van der Waals surface area (Å²) < 4.78 is 0. The van der Waals surface area contributed by atoms with Crippen LogP contribution in [0.25, 0.3) is 0 Å². The number of rotatable bonds is 12. The molecule has 0 radical (unpaired) electrons. The SMILES string of the molecule is CSCCNC(=O)C(Cc1ccc(Cl)cc1)NC(=O)C(O)(CC(C)C)C(C)C(=O)NO. The number of thioether (sulfide) groups is 1. The van der Waals surface area contributed by atoms with Crippen molar-refractivity contribution in [3.8, 4) is 0 Å². The number of benzene rings is 1. The van der Waals surface area contributed by atoms with Crippen molar-refractivity contribution in [3.63, 3.8) is 0 Å². The lowest BCUT2D eigenvalue weighted by molar-refractivity contribution is -0.159. The molecule has 3 amide bonds. The number of aliphatic hydroxyl groups is 1. The third kappa shape index (κ3) is 8.33. The zero-order chi connectivity index (χ0) is 23.6. The molecular weight excluding hydrogens is 442 g/mol. The molecule has 0 saturated carbocycles. The minimum absolute atomic E-state index is 0.0326. The summed E-state index contributed by atoms with van der Waals surface area (Å²) in [4.78, 5) is 37.9. The fourth-order valence-electron chi connectivity index (χ4n) is 3.15. The lowest BCUT2D eigenvalue weighted by Gasteiger charge is -2.34. The monoisotopic (exact) mass is 473 g/mol. The van der Waals surface area contributed by atoms with E-state index in [1.807, 2.05) is 6.26 Å². The molecule has 3 atom stereocenters. The van der Waals surface area contributed by atoms with E-state index < -0.39 is 35.3 Å². The molecule has 0 aliphatic carbocycles. The van der Waals surface area contributed by atoms with Gasteiger partial charge in [-0.25, -0.2) is 5.48 Å². The highest BCUT2D eigenvalue weighted by Gasteiger charge is 2.46. The highest BCUT2D eigenvalue weighted by atomic mass is 35.5. The molecule has 1 aromatic rings. The fraction of sp³-hybridized carbons (Fsp3) is 0.571. The van der Waals surface area contributed by atoms with Gasteiger partial charge in [-0.2, -0.15) is 11.8 Å². The van der Waals surface area contributed by atoms with Crippen LogP contribution in [0.3, 0.4) is 0 Å². The van der Waals surface area contributed by atoms with Crippen LogP contribution in [0.1, 0.15) is 32.8 Å². The van der Waals surface area contributed by atoms with Crippen LogP contribution in [-0.4, -0.2) is 58.2 Å². The van der Waals surface area contributed by atoms with Crippen LogP contribution in [-0.2, 0) is 20.8 Å². The van der Waals surface area contributed by atoms with Crippen molar-refractivity contribution in [1.29, 1.82) is 0 Å². The normalized spacial score (nSPS) is 15.0. The summed E-state index contributed by atoms with van der Waals surface area (Å²) in [5.74, 6) is -2.81. The fourth-order valence-corrected chi connectivity index (χ4v) is 3.58. The molecule has 0 saturated heterocycles. The summed E-state index contributed by atoms with van der Waals surface area (Å²) >= 11 is 7.49. The van der Waals surface area contributed by atoms with E-state index in [4.69, 9.17) is 16.8 Å². The first kappa shape index (κ1) is 27.2. The first-order valence-electron chi connectivity index (χ1n) is 10.0. The molecule has 0 aliphatic rings. The van der Waals surface area contributed by atoms with Crippen molar-refractivity contribution in [1.82, 2.24) is 16.1 Å².